The van der Waals surface area contributed by atoms with Crippen LogP contribution in [-0.2, 0) is 27.4 Å². The molecule has 0 aromatic carbocycles. The minimum absolute atomic E-state index is 0.0279. The molecule has 160 valence electrons. The van der Waals surface area contributed by atoms with Gasteiger partial charge in [0.1, 0.15) is 17.1 Å². The Labute approximate surface area is 179 Å². The molecule has 5 heterocycles. The zero-order chi connectivity index (χ0) is 21.2. The molecule has 0 unspecified atom stereocenters. The van der Waals surface area contributed by atoms with Gasteiger partial charge in [-0.25, -0.2) is 0 Å². The maximum atomic E-state index is 13.4. The van der Waals surface area contributed by atoms with E-state index in [-0.39, 0.29) is 17.9 Å². The summed E-state index contributed by atoms with van der Waals surface area (Å²) in [5.74, 6) is 0.254. The second-order valence-electron chi connectivity index (χ2n) is 9.14. The Morgan fingerprint density at radius 3 is 3.03 bits per heavy atom. The van der Waals surface area contributed by atoms with Crippen molar-refractivity contribution in [3.63, 3.8) is 0 Å². The van der Waals surface area contributed by atoms with Crippen LogP contribution in [0.15, 0.2) is 47.3 Å². The topological polar surface area (TPSA) is 88.8 Å². The fraction of sp³-hybridized carbons (Fsp3) is 0.478. The largest absolute Gasteiger partial charge is 0.361 e. The standard InChI is InChI=1S/C23H24N4O4/c1-26(12-16-9-18(31-25-16)15-4-5-15)21(28)19-17-6-7-23(30-17)13-27(22(29)20(19)23)11-14-3-2-8-24-10-14/h2-3,6-10,15,17,19-20H,4-5,11-13H2,1H3/t17-,19-,20+,23-/m0/s1. The Balaban J connectivity index is 1.20. The van der Waals surface area contributed by atoms with Gasteiger partial charge in [-0.15, -0.1) is 0 Å². The van der Waals surface area contributed by atoms with Crippen molar-refractivity contribution in [3.8, 4) is 0 Å². The van der Waals surface area contributed by atoms with E-state index in [9.17, 15) is 9.59 Å². The predicted molar refractivity (Wildman–Crippen MR) is 108 cm³/mol. The second-order valence-corrected chi connectivity index (χ2v) is 9.14. The number of rotatable bonds is 6. The minimum atomic E-state index is -0.710. The smallest absolute Gasteiger partial charge is 0.230 e. The fourth-order valence-corrected chi connectivity index (χ4v) is 5.24. The Bertz CT molecular complexity index is 1060. The maximum absolute atomic E-state index is 13.4. The van der Waals surface area contributed by atoms with Crippen molar-refractivity contribution in [1.82, 2.24) is 19.9 Å². The van der Waals surface area contributed by atoms with Crippen molar-refractivity contribution < 1.29 is 18.8 Å². The summed E-state index contributed by atoms with van der Waals surface area (Å²) in [5.41, 5.74) is 0.990. The highest BCUT2D eigenvalue weighted by molar-refractivity contribution is 5.93. The average Bonchev–Trinajstić information content (AvgIpc) is 3.13. The van der Waals surface area contributed by atoms with Gasteiger partial charge in [-0.3, -0.25) is 14.6 Å². The van der Waals surface area contributed by atoms with Crippen molar-refractivity contribution >= 4 is 11.8 Å². The van der Waals surface area contributed by atoms with Crippen LogP contribution in [-0.4, -0.2) is 57.1 Å². The molecular weight excluding hydrogens is 396 g/mol. The Morgan fingerprint density at radius 2 is 2.26 bits per heavy atom. The number of aromatic nitrogens is 2. The van der Waals surface area contributed by atoms with Gasteiger partial charge in [0.25, 0.3) is 0 Å². The number of ether oxygens (including phenoxy) is 1. The van der Waals surface area contributed by atoms with Gasteiger partial charge in [-0.2, -0.15) is 0 Å². The van der Waals surface area contributed by atoms with E-state index in [1.54, 1.807) is 29.2 Å². The van der Waals surface area contributed by atoms with Gasteiger partial charge in [0.15, 0.2) is 0 Å². The summed E-state index contributed by atoms with van der Waals surface area (Å²) in [5, 5.41) is 4.12. The number of hydrogen-bond donors (Lipinski definition) is 0. The summed E-state index contributed by atoms with van der Waals surface area (Å²) < 4.78 is 11.6. The molecule has 1 aliphatic carbocycles. The minimum Gasteiger partial charge on any atom is -0.361 e. The number of nitrogens with zero attached hydrogens (tertiary/aromatic N) is 4. The van der Waals surface area contributed by atoms with Crippen molar-refractivity contribution in [2.75, 3.05) is 13.6 Å². The molecule has 0 radical (unpaired) electrons. The van der Waals surface area contributed by atoms with Crippen LogP contribution in [0.1, 0.15) is 35.8 Å². The van der Waals surface area contributed by atoms with Gasteiger partial charge in [-0.05, 0) is 24.5 Å². The number of fused-ring (bicyclic) bond motifs is 1. The van der Waals surface area contributed by atoms with E-state index in [4.69, 9.17) is 9.26 Å². The molecule has 1 saturated carbocycles. The van der Waals surface area contributed by atoms with Crippen LogP contribution in [0.4, 0.5) is 0 Å². The second kappa shape index (κ2) is 6.75. The number of carbonyl (C=O) groups is 2. The number of likely N-dealkylation sites (tertiary alicyclic amines) is 1. The molecule has 0 N–H and O–H groups in total. The molecule has 8 heteroatoms. The fourth-order valence-electron chi connectivity index (χ4n) is 5.24. The molecule has 1 spiro atoms. The van der Waals surface area contributed by atoms with Crippen molar-refractivity contribution in [1.29, 1.82) is 0 Å². The Morgan fingerprint density at radius 1 is 1.39 bits per heavy atom. The van der Waals surface area contributed by atoms with Gasteiger partial charge in [0.05, 0.1) is 31.0 Å². The monoisotopic (exact) mass is 420 g/mol. The van der Waals surface area contributed by atoms with E-state index in [2.05, 4.69) is 10.1 Å². The first-order valence-corrected chi connectivity index (χ1v) is 10.8. The Hall–Kier alpha value is -3.00. The SMILES string of the molecule is CN(Cc1cc(C2CC2)on1)C(=O)[C@H]1[C@@H]2C=C[C@@]3(CN(Cc4cccnc4)C(=O)[C@@H]13)O2. The van der Waals surface area contributed by atoms with Gasteiger partial charge in [0, 0.05) is 38.0 Å². The summed E-state index contributed by atoms with van der Waals surface area (Å²) in [6.45, 7) is 1.28. The summed E-state index contributed by atoms with van der Waals surface area (Å²) >= 11 is 0. The normalized spacial score (nSPS) is 30.8. The molecule has 8 nitrogen and oxygen atoms in total. The molecule has 2 aromatic heterocycles. The molecule has 6 rings (SSSR count). The number of pyridine rings is 1. The van der Waals surface area contributed by atoms with E-state index >= 15 is 0 Å². The molecule has 3 fully saturated rings. The first kappa shape index (κ1) is 18.7. The van der Waals surface area contributed by atoms with Gasteiger partial charge in [0.2, 0.25) is 11.8 Å². The molecule has 4 atom stereocenters. The quantitative estimate of drug-likeness (QED) is 0.663. The van der Waals surface area contributed by atoms with Gasteiger partial charge >= 0.3 is 0 Å². The number of hydrogen-bond acceptors (Lipinski definition) is 6. The van der Waals surface area contributed by atoms with Crippen LogP contribution in [0.2, 0.25) is 0 Å². The van der Waals surface area contributed by atoms with Crippen LogP contribution < -0.4 is 0 Å². The summed E-state index contributed by atoms with van der Waals surface area (Å²) in [6.07, 6.45) is 9.31. The van der Waals surface area contributed by atoms with E-state index in [0.29, 0.717) is 25.6 Å². The Kier molecular flexibility index (Phi) is 4.08. The van der Waals surface area contributed by atoms with Gasteiger partial charge < -0.3 is 19.1 Å². The third-order valence-corrected chi connectivity index (χ3v) is 6.89. The number of carbonyl (C=O) groups excluding carboxylic acids is 2. The summed E-state index contributed by atoms with van der Waals surface area (Å²) in [6, 6.07) is 5.75. The lowest BCUT2D eigenvalue weighted by Crippen LogP contribution is -2.44. The lowest BCUT2D eigenvalue weighted by Gasteiger charge is -2.27. The molecule has 4 aliphatic rings. The van der Waals surface area contributed by atoms with E-state index in [1.807, 2.05) is 30.4 Å². The highest BCUT2D eigenvalue weighted by Gasteiger charge is 2.67. The highest BCUT2D eigenvalue weighted by Crippen LogP contribution is 2.52. The van der Waals surface area contributed by atoms with Crippen LogP contribution in [0.5, 0.6) is 0 Å². The molecule has 31 heavy (non-hydrogen) atoms. The zero-order valence-electron chi connectivity index (χ0n) is 17.3. The third kappa shape index (κ3) is 3.00. The predicted octanol–water partition coefficient (Wildman–Crippen LogP) is 1.89. The third-order valence-electron chi connectivity index (χ3n) is 6.89. The van der Waals surface area contributed by atoms with Crippen LogP contribution in [0, 0.1) is 11.8 Å². The van der Waals surface area contributed by atoms with E-state index in [0.717, 1.165) is 29.9 Å². The van der Waals surface area contributed by atoms with Crippen molar-refractivity contribution in [3.05, 3.63) is 59.8 Å². The number of amides is 2. The van der Waals surface area contributed by atoms with Crippen molar-refractivity contribution in [2.45, 2.75) is 43.6 Å². The molecule has 2 saturated heterocycles. The zero-order valence-corrected chi connectivity index (χ0v) is 17.3. The van der Waals surface area contributed by atoms with Crippen LogP contribution in [0.3, 0.4) is 0 Å². The van der Waals surface area contributed by atoms with Crippen molar-refractivity contribution in [2.24, 2.45) is 11.8 Å². The van der Waals surface area contributed by atoms with E-state index in [1.165, 1.54) is 0 Å². The lowest BCUT2D eigenvalue weighted by molar-refractivity contribution is -0.143. The molecular formula is C23H24N4O4. The van der Waals surface area contributed by atoms with Crippen LogP contribution in [0.25, 0.3) is 0 Å². The van der Waals surface area contributed by atoms with E-state index < -0.39 is 17.4 Å². The lowest BCUT2D eigenvalue weighted by atomic mass is 9.76. The maximum Gasteiger partial charge on any atom is 0.230 e. The summed E-state index contributed by atoms with van der Waals surface area (Å²) in [4.78, 5) is 34.3. The summed E-state index contributed by atoms with van der Waals surface area (Å²) in [7, 11) is 1.75. The highest BCUT2D eigenvalue weighted by atomic mass is 16.5. The van der Waals surface area contributed by atoms with Gasteiger partial charge in [-0.1, -0.05) is 23.4 Å². The molecule has 3 aliphatic heterocycles. The van der Waals surface area contributed by atoms with Crippen LogP contribution >= 0.6 is 0 Å². The molecule has 2 aromatic rings. The molecule has 2 bridgehead atoms. The molecule has 2 amide bonds. The first-order valence-electron chi connectivity index (χ1n) is 10.8. The first-order chi connectivity index (χ1) is 15.0. The average molecular weight is 420 g/mol.